The smallest absolute Gasteiger partial charge is 0.456 e. The molecule has 0 fully saturated rings. The normalized spacial score (nSPS) is 14.7. The van der Waals surface area contributed by atoms with Gasteiger partial charge in [0.15, 0.2) is 0 Å². The van der Waals surface area contributed by atoms with Gasteiger partial charge in [0.2, 0.25) is 5.91 Å². The molecule has 0 aromatic carbocycles. The Kier molecular flexibility index (Phi) is 42.1. The summed E-state index contributed by atoms with van der Waals surface area (Å²) in [4.78, 5) is 37.4. The largest absolute Gasteiger partial charge is 0.472 e. The fourth-order valence-electron chi connectivity index (χ4n) is 6.72. The van der Waals surface area contributed by atoms with Crippen molar-refractivity contribution in [3.63, 3.8) is 0 Å². The van der Waals surface area contributed by atoms with E-state index in [1.54, 1.807) is 0 Å². The van der Waals surface area contributed by atoms with E-state index in [2.05, 4.69) is 92.9 Å². The van der Waals surface area contributed by atoms with Crippen molar-refractivity contribution in [2.24, 2.45) is 0 Å². The monoisotopic (exact) mass is 916 g/mol. The molecule has 0 aromatic heterocycles. The summed E-state index contributed by atoms with van der Waals surface area (Å²) >= 11 is 0. The van der Waals surface area contributed by atoms with E-state index in [9.17, 15) is 19.0 Å². The lowest BCUT2D eigenvalue weighted by atomic mass is 10.1. The SMILES string of the molecule is CC/C=C/C=C/C=C\CCCCCCCC(=O)OC(/C=C/CCCCCCCCCCC)C(COP(=O)(O)OCC[N+](C)(C)C)NC(=O)CCCCCC/C=C/C/C=C/C/C=C/CC. The van der Waals surface area contributed by atoms with Crippen molar-refractivity contribution in [2.75, 3.05) is 40.9 Å². The van der Waals surface area contributed by atoms with Gasteiger partial charge in [0.1, 0.15) is 19.3 Å². The molecule has 0 radical (unpaired) electrons. The Morgan fingerprint density at radius 2 is 1.08 bits per heavy atom. The lowest BCUT2D eigenvalue weighted by Gasteiger charge is -2.27. The topological polar surface area (TPSA) is 111 Å². The Morgan fingerprint density at radius 3 is 1.67 bits per heavy atom. The molecule has 10 heteroatoms. The number of hydrogen-bond donors (Lipinski definition) is 2. The van der Waals surface area contributed by atoms with E-state index in [1.165, 1.54) is 44.9 Å². The molecular weight excluding hydrogens is 820 g/mol. The first-order valence-corrected chi connectivity index (χ1v) is 26.9. The molecule has 3 atom stereocenters. The third-order valence-corrected chi connectivity index (χ3v) is 11.6. The summed E-state index contributed by atoms with van der Waals surface area (Å²) in [5.41, 5.74) is 0. The minimum Gasteiger partial charge on any atom is -0.456 e. The van der Waals surface area contributed by atoms with Crippen molar-refractivity contribution in [1.82, 2.24) is 5.32 Å². The standard InChI is InChI=1S/C54H95N2O7P/c1-7-10-13-16-19-22-25-27-29-31-34-37-40-43-46-53(57)55-51(50-62-64(59,60)61-49-48-56(4,5)6)52(45-42-39-36-33-30-24-21-18-15-12-9-3)63-54(58)47-44-41-38-35-32-28-26-23-20-17-14-11-8-2/h10-11,13-14,17,19-20,22-23,26-27,29,42,45,51-52H,7-9,12,15-16,18,21,24-25,28,30-41,43-44,46-50H2,1-6H3,(H-,55,57,59,60)/p+1/b13-10+,14-11+,20-17+,22-19+,26-23-,29-27+,45-42+. The van der Waals surface area contributed by atoms with Gasteiger partial charge in [0, 0.05) is 12.8 Å². The van der Waals surface area contributed by atoms with Crippen LogP contribution in [0.4, 0.5) is 0 Å². The number of nitrogens with one attached hydrogen (secondary N) is 1. The van der Waals surface area contributed by atoms with Gasteiger partial charge in [0.25, 0.3) is 0 Å². The molecule has 368 valence electrons. The second kappa shape index (κ2) is 44.0. The van der Waals surface area contributed by atoms with Crippen LogP contribution >= 0.6 is 7.82 Å². The molecule has 0 bridgehead atoms. The lowest BCUT2D eigenvalue weighted by molar-refractivity contribution is -0.870. The quantitative estimate of drug-likeness (QED) is 0.0156. The highest BCUT2D eigenvalue weighted by Gasteiger charge is 2.30. The van der Waals surface area contributed by atoms with Crippen LogP contribution in [0.25, 0.3) is 0 Å². The van der Waals surface area contributed by atoms with Crippen LogP contribution in [0.5, 0.6) is 0 Å². The summed E-state index contributed by atoms with van der Waals surface area (Å²) < 4.78 is 30.4. The molecule has 0 aliphatic rings. The van der Waals surface area contributed by atoms with Crippen molar-refractivity contribution in [2.45, 2.75) is 206 Å². The number of carbonyl (C=O) groups excluding carboxylic acids is 2. The zero-order valence-corrected chi connectivity index (χ0v) is 42.6. The minimum atomic E-state index is -4.45. The van der Waals surface area contributed by atoms with Crippen molar-refractivity contribution >= 4 is 19.7 Å². The number of hydrogen-bond acceptors (Lipinski definition) is 6. The van der Waals surface area contributed by atoms with Gasteiger partial charge in [-0.15, -0.1) is 0 Å². The number of allylic oxidation sites excluding steroid dienone is 13. The highest BCUT2D eigenvalue weighted by atomic mass is 31.2. The van der Waals surface area contributed by atoms with E-state index in [0.717, 1.165) is 103 Å². The zero-order chi connectivity index (χ0) is 47.3. The molecule has 2 N–H and O–H groups in total. The van der Waals surface area contributed by atoms with Gasteiger partial charge in [-0.05, 0) is 83.1 Å². The van der Waals surface area contributed by atoms with Crippen LogP contribution in [0, 0.1) is 0 Å². The molecule has 0 aliphatic carbocycles. The molecule has 64 heavy (non-hydrogen) atoms. The van der Waals surface area contributed by atoms with Crippen LogP contribution in [0.3, 0.4) is 0 Å². The third kappa shape index (κ3) is 44.4. The molecular formula is C54H96N2O7P+. The maximum Gasteiger partial charge on any atom is 0.472 e. The number of amides is 1. The Hall–Kier alpha value is -2.81. The number of quaternary nitrogens is 1. The number of phosphoric ester groups is 1. The molecule has 0 saturated carbocycles. The summed E-state index contributed by atoms with van der Waals surface area (Å²) in [5.74, 6) is -0.565. The first-order chi connectivity index (χ1) is 30.9. The number of carbonyl (C=O) groups is 2. The number of unbranched alkanes of at least 4 members (excludes halogenated alkanes) is 18. The molecule has 1 amide bonds. The third-order valence-electron chi connectivity index (χ3n) is 10.6. The van der Waals surface area contributed by atoms with Crippen LogP contribution in [-0.2, 0) is 27.9 Å². The highest BCUT2D eigenvalue weighted by Crippen LogP contribution is 2.43. The lowest BCUT2D eigenvalue weighted by Crippen LogP contribution is -2.47. The highest BCUT2D eigenvalue weighted by molar-refractivity contribution is 7.47. The number of likely N-dealkylation sites (N-methyl/N-ethyl adjacent to an activating group) is 1. The first-order valence-electron chi connectivity index (χ1n) is 25.4. The van der Waals surface area contributed by atoms with Gasteiger partial charge < -0.3 is 19.4 Å². The summed E-state index contributed by atoms with van der Waals surface area (Å²) in [6, 6.07) is -0.870. The van der Waals surface area contributed by atoms with Gasteiger partial charge in [-0.3, -0.25) is 18.6 Å². The van der Waals surface area contributed by atoms with E-state index in [-0.39, 0.29) is 31.5 Å². The van der Waals surface area contributed by atoms with Crippen LogP contribution < -0.4 is 5.32 Å². The zero-order valence-electron chi connectivity index (χ0n) is 41.7. The summed E-state index contributed by atoms with van der Waals surface area (Å²) in [5, 5.41) is 3.01. The van der Waals surface area contributed by atoms with Crippen molar-refractivity contribution < 1.29 is 37.3 Å². The van der Waals surface area contributed by atoms with E-state index in [1.807, 2.05) is 39.4 Å². The number of nitrogens with zero attached hydrogens (tertiary/aromatic N) is 1. The Balaban J connectivity index is 5.51. The maximum atomic E-state index is 13.4. The number of esters is 1. The molecule has 0 spiro atoms. The average molecular weight is 916 g/mol. The second-order valence-corrected chi connectivity index (χ2v) is 19.4. The van der Waals surface area contributed by atoms with Gasteiger partial charge in [-0.1, -0.05) is 183 Å². The summed E-state index contributed by atoms with van der Waals surface area (Å²) in [7, 11) is 1.45. The summed E-state index contributed by atoms with van der Waals surface area (Å²) in [6.45, 7) is 6.69. The number of ether oxygens (including phenoxy) is 1. The fraction of sp³-hybridized carbons (Fsp3) is 0.704. The van der Waals surface area contributed by atoms with Crippen LogP contribution in [0.2, 0.25) is 0 Å². The molecule has 0 aromatic rings. The number of phosphoric acid groups is 1. The van der Waals surface area contributed by atoms with Crippen molar-refractivity contribution in [1.29, 1.82) is 0 Å². The van der Waals surface area contributed by atoms with E-state index < -0.39 is 20.0 Å². The Labute approximate surface area is 393 Å². The molecule has 3 unspecified atom stereocenters. The molecule has 0 heterocycles. The van der Waals surface area contributed by atoms with E-state index in [0.29, 0.717) is 30.3 Å². The Bertz CT molecular complexity index is 1380. The second-order valence-electron chi connectivity index (χ2n) is 18.0. The van der Waals surface area contributed by atoms with Gasteiger partial charge >= 0.3 is 13.8 Å². The van der Waals surface area contributed by atoms with E-state index >= 15 is 0 Å². The van der Waals surface area contributed by atoms with E-state index in [4.69, 9.17) is 13.8 Å². The first kappa shape index (κ1) is 61.2. The predicted molar refractivity (Wildman–Crippen MR) is 272 cm³/mol. The summed E-state index contributed by atoms with van der Waals surface area (Å²) in [6.07, 6.45) is 55.8. The number of rotatable bonds is 44. The molecule has 9 nitrogen and oxygen atoms in total. The fourth-order valence-corrected chi connectivity index (χ4v) is 7.45. The van der Waals surface area contributed by atoms with Crippen molar-refractivity contribution in [3.05, 3.63) is 85.1 Å². The van der Waals surface area contributed by atoms with Gasteiger partial charge in [-0.2, -0.15) is 0 Å². The minimum absolute atomic E-state index is 0.0279. The maximum absolute atomic E-state index is 13.4. The average Bonchev–Trinajstić information content (AvgIpc) is 3.25. The van der Waals surface area contributed by atoms with Crippen molar-refractivity contribution in [3.8, 4) is 0 Å². The van der Waals surface area contributed by atoms with Gasteiger partial charge in [0.05, 0.1) is 33.8 Å². The molecule has 0 rings (SSSR count). The predicted octanol–water partition coefficient (Wildman–Crippen LogP) is 14.7. The van der Waals surface area contributed by atoms with Crippen LogP contribution in [0.1, 0.15) is 194 Å². The van der Waals surface area contributed by atoms with Crippen LogP contribution in [-0.4, -0.2) is 74.3 Å². The van der Waals surface area contributed by atoms with Crippen LogP contribution in [0.15, 0.2) is 85.1 Å². The molecule has 0 aliphatic heterocycles. The molecule has 0 saturated heterocycles. The Morgan fingerprint density at radius 1 is 0.578 bits per heavy atom. The van der Waals surface area contributed by atoms with Gasteiger partial charge in [-0.25, -0.2) is 4.57 Å².